The number of nitrogens with zero attached hydrogens (tertiary/aromatic N) is 6. The topological polar surface area (TPSA) is 91.8 Å². The molecule has 9 heteroatoms. The Morgan fingerprint density at radius 2 is 2.23 bits per heavy atom. The number of ether oxygens (including phenoxy) is 1. The Labute approximate surface area is 133 Å². The third-order valence-electron chi connectivity index (χ3n) is 3.34. The Morgan fingerprint density at radius 1 is 1.36 bits per heavy atom. The molecule has 120 valence electrons. The average molecular weight is 324 g/mol. The summed E-state index contributed by atoms with van der Waals surface area (Å²) in [7, 11) is 0. The zero-order valence-electron chi connectivity index (χ0n) is 13.0. The molecule has 1 aliphatic rings. The molecule has 0 aromatic carbocycles. The molecule has 0 unspecified atom stereocenters. The van der Waals surface area contributed by atoms with E-state index in [2.05, 4.69) is 25.7 Å². The molecular formula is C13H20N6O2S. The zero-order valence-corrected chi connectivity index (χ0v) is 13.8. The smallest absolute Gasteiger partial charge is 0.232 e. The van der Waals surface area contributed by atoms with Crippen molar-refractivity contribution >= 4 is 11.8 Å². The van der Waals surface area contributed by atoms with E-state index in [0.717, 1.165) is 24.6 Å². The number of thioether (sulfide) groups is 1. The summed E-state index contributed by atoms with van der Waals surface area (Å²) in [5, 5.41) is 16.6. The first kappa shape index (κ1) is 15.4. The SMILES string of the molecule is CC(C)(C)c1nc(CSc2nnnn2C[C@H]2CCCO2)no1. The van der Waals surface area contributed by atoms with Crippen molar-refractivity contribution in [1.29, 1.82) is 0 Å². The maximum atomic E-state index is 5.62. The first-order chi connectivity index (χ1) is 10.5. The third-order valence-corrected chi connectivity index (χ3v) is 4.29. The van der Waals surface area contributed by atoms with E-state index in [4.69, 9.17) is 9.26 Å². The van der Waals surface area contributed by atoms with Crippen LogP contribution in [0.3, 0.4) is 0 Å². The molecular weight excluding hydrogens is 304 g/mol. The Kier molecular flexibility index (Phi) is 4.44. The van der Waals surface area contributed by atoms with Crippen LogP contribution in [0.5, 0.6) is 0 Å². The lowest BCUT2D eigenvalue weighted by Gasteiger charge is -2.10. The highest BCUT2D eigenvalue weighted by molar-refractivity contribution is 7.98. The second-order valence-corrected chi connectivity index (χ2v) is 7.28. The molecule has 2 aromatic heterocycles. The van der Waals surface area contributed by atoms with Gasteiger partial charge < -0.3 is 9.26 Å². The number of hydrogen-bond acceptors (Lipinski definition) is 8. The number of tetrazole rings is 1. The molecule has 0 amide bonds. The average Bonchev–Trinajstić information content (AvgIpc) is 3.17. The molecule has 0 bridgehead atoms. The van der Waals surface area contributed by atoms with Gasteiger partial charge in [-0.1, -0.05) is 37.7 Å². The van der Waals surface area contributed by atoms with E-state index in [1.54, 1.807) is 4.68 Å². The predicted octanol–water partition coefficient (Wildman–Crippen LogP) is 1.82. The normalized spacial score (nSPS) is 19.0. The van der Waals surface area contributed by atoms with Crippen molar-refractivity contribution in [3.05, 3.63) is 11.7 Å². The van der Waals surface area contributed by atoms with Crippen molar-refractivity contribution in [2.45, 2.75) is 62.6 Å². The van der Waals surface area contributed by atoms with Crippen molar-refractivity contribution in [2.24, 2.45) is 0 Å². The minimum Gasteiger partial charge on any atom is -0.376 e. The standard InChI is InChI=1S/C13H20N6O2S/c1-13(2,3)11-14-10(16-21-11)8-22-12-15-17-18-19(12)7-9-5-4-6-20-9/h9H,4-8H2,1-3H3/t9-/m1/s1. The molecule has 0 saturated carbocycles. The fourth-order valence-electron chi connectivity index (χ4n) is 2.14. The van der Waals surface area contributed by atoms with Crippen LogP contribution in [0.1, 0.15) is 45.3 Å². The summed E-state index contributed by atoms with van der Waals surface area (Å²) in [4.78, 5) is 4.41. The van der Waals surface area contributed by atoms with E-state index in [9.17, 15) is 0 Å². The van der Waals surface area contributed by atoms with Gasteiger partial charge in [-0.05, 0) is 23.3 Å². The Balaban J connectivity index is 1.59. The Hall–Kier alpha value is -1.48. The lowest BCUT2D eigenvalue weighted by molar-refractivity contribution is 0.0912. The van der Waals surface area contributed by atoms with Crippen LogP contribution in [-0.4, -0.2) is 43.1 Å². The third kappa shape index (κ3) is 3.64. The van der Waals surface area contributed by atoms with Crippen molar-refractivity contribution in [3.63, 3.8) is 0 Å². The van der Waals surface area contributed by atoms with E-state index >= 15 is 0 Å². The van der Waals surface area contributed by atoms with Gasteiger partial charge in [0.2, 0.25) is 11.0 Å². The van der Waals surface area contributed by atoms with Gasteiger partial charge in [0.1, 0.15) is 0 Å². The highest BCUT2D eigenvalue weighted by atomic mass is 32.2. The summed E-state index contributed by atoms with van der Waals surface area (Å²) in [5.74, 6) is 1.87. The molecule has 8 nitrogen and oxygen atoms in total. The number of hydrogen-bond donors (Lipinski definition) is 0. The molecule has 3 rings (SSSR count). The summed E-state index contributed by atoms with van der Waals surface area (Å²) >= 11 is 1.50. The van der Waals surface area contributed by atoms with Gasteiger partial charge in [-0.2, -0.15) is 4.98 Å². The van der Waals surface area contributed by atoms with Crippen molar-refractivity contribution < 1.29 is 9.26 Å². The van der Waals surface area contributed by atoms with Crippen molar-refractivity contribution in [2.75, 3.05) is 6.61 Å². The largest absolute Gasteiger partial charge is 0.376 e. The summed E-state index contributed by atoms with van der Waals surface area (Å²) in [6, 6.07) is 0. The van der Waals surface area contributed by atoms with Crippen LogP contribution in [0.4, 0.5) is 0 Å². The first-order valence-corrected chi connectivity index (χ1v) is 8.34. The zero-order chi connectivity index (χ0) is 15.6. The van der Waals surface area contributed by atoms with Crippen LogP contribution in [-0.2, 0) is 22.4 Å². The molecule has 1 fully saturated rings. The van der Waals surface area contributed by atoms with E-state index in [-0.39, 0.29) is 11.5 Å². The quantitative estimate of drug-likeness (QED) is 0.769. The fraction of sp³-hybridized carbons (Fsp3) is 0.769. The predicted molar refractivity (Wildman–Crippen MR) is 79.4 cm³/mol. The molecule has 0 radical (unpaired) electrons. The first-order valence-electron chi connectivity index (χ1n) is 7.36. The molecule has 2 aromatic rings. The van der Waals surface area contributed by atoms with Crippen molar-refractivity contribution in [1.82, 2.24) is 30.3 Å². The summed E-state index contributed by atoms with van der Waals surface area (Å²) in [5.41, 5.74) is -0.142. The molecule has 1 aliphatic heterocycles. The van der Waals surface area contributed by atoms with Gasteiger partial charge >= 0.3 is 0 Å². The second kappa shape index (κ2) is 6.33. The molecule has 0 N–H and O–H groups in total. The van der Waals surface area contributed by atoms with Gasteiger partial charge in [0.25, 0.3) is 0 Å². The monoisotopic (exact) mass is 324 g/mol. The van der Waals surface area contributed by atoms with Gasteiger partial charge in [0.15, 0.2) is 5.82 Å². The van der Waals surface area contributed by atoms with Gasteiger partial charge in [0.05, 0.1) is 18.4 Å². The molecule has 1 atom stereocenters. The molecule has 0 spiro atoms. The summed E-state index contributed by atoms with van der Waals surface area (Å²) < 4.78 is 12.7. The lowest BCUT2D eigenvalue weighted by atomic mass is 9.97. The fourth-order valence-corrected chi connectivity index (χ4v) is 2.87. The van der Waals surface area contributed by atoms with Crippen LogP contribution in [0.2, 0.25) is 0 Å². The van der Waals surface area contributed by atoms with Crippen LogP contribution >= 0.6 is 11.8 Å². The van der Waals surface area contributed by atoms with Crippen LogP contribution in [0, 0.1) is 0 Å². The van der Waals surface area contributed by atoms with E-state index in [1.807, 2.05) is 20.8 Å². The summed E-state index contributed by atoms with van der Waals surface area (Å²) in [6.07, 6.45) is 2.37. The second-order valence-electron chi connectivity index (χ2n) is 6.33. The Bertz CT molecular complexity index is 614. The number of rotatable bonds is 5. The van der Waals surface area contributed by atoms with Gasteiger partial charge in [0, 0.05) is 12.0 Å². The highest BCUT2D eigenvalue weighted by Gasteiger charge is 2.22. The van der Waals surface area contributed by atoms with Gasteiger partial charge in [-0.15, -0.1) is 5.10 Å². The maximum Gasteiger partial charge on any atom is 0.232 e. The van der Waals surface area contributed by atoms with Crippen LogP contribution < -0.4 is 0 Å². The molecule has 0 aliphatic carbocycles. The number of aromatic nitrogens is 6. The van der Waals surface area contributed by atoms with E-state index < -0.39 is 0 Å². The van der Waals surface area contributed by atoms with Gasteiger partial charge in [-0.3, -0.25) is 0 Å². The van der Waals surface area contributed by atoms with Gasteiger partial charge in [-0.25, -0.2) is 4.68 Å². The molecule has 3 heterocycles. The molecule has 22 heavy (non-hydrogen) atoms. The van der Waals surface area contributed by atoms with Crippen molar-refractivity contribution in [3.8, 4) is 0 Å². The lowest BCUT2D eigenvalue weighted by Crippen LogP contribution is -2.16. The van der Waals surface area contributed by atoms with E-state index in [1.165, 1.54) is 11.8 Å². The van der Waals surface area contributed by atoms with Crippen LogP contribution in [0.25, 0.3) is 0 Å². The van der Waals surface area contributed by atoms with E-state index in [0.29, 0.717) is 24.0 Å². The minimum atomic E-state index is -0.142. The maximum absolute atomic E-state index is 5.62. The summed E-state index contributed by atoms with van der Waals surface area (Å²) in [6.45, 7) is 7.64. The van der Waals surface area contributed by atoms with Crippen LogP contribution in [0.15, 0.2) is 9.68 Å². The highest BCUT2D eigenvalue weighted by Crippen LogP contribution is 2.23. The minimum absolute atomic E-state index is 0.142. The Morgan fingerprint density at radius 3 is 2.91 bits per heavy atom. The molecule has 1 saturated heterocycles.